The Bertz CT molecular complexity index is 1220. The molecule has 0 atom stereocenters. The maximum atomic E-state index is 10.1. The van der Waals surface area contributed by atoms with E-state index in [4.69, 9.17) is 4.98 Å². The molecule has 5 aromatic rings. The lowest BCUT2D eigenvalue weighted by Gasteiger charge is -2.03. The van der Waals surface area contributed by atoms with E-state index in [2.05, 4.69) is 53.5 Å². The largest absolute Gasteiger partial charge is 0.507 e. The highest BCUT2D eigenvalue weighted by Crippen LogP contribution is 2.33. The Balaban J connectivity index is 1.85. The van der Waals surface area contributed by atoms with Crippen molar-refractivity contribution >= 4 is 32.6 Å². The first kappa shape index (κ1) is 13.1. The molecule has 0 amide bonds. The molecule has 0 fully saturated rings. The Morgan fingerprint density at radius 1 is 0.708 bits per heavy atom. The second kappa shape index (κ2) is 4.83. The molecule has 0 aliphatic carbocycles. The topological polar surface area (TPSA) is 48.9 Å². The van der Waals surface area contributed by atoms with Crippen LogP contribution in [0.5, 0.6) is 5.75 Å². The number of imidazole rings is 1. The van der Waals surface area contributed by atoms with E-state index in [1.807, 2.05) is 18.2 Å². The summed E-state index contributed by atoms with van der Waals surface area (Å²) < 4.78 is 0. The van der Waals surface area contributed by atoms with Crippen LogP contribution in [0.3, 0.4) is 0 Å². The molecule has 3 nitrogen and oxygen atoms in total. The zero-order valence-electron chi connectivity index (χ0n) is 12.8. The lowest BCUT2D eigenvalue weighted by Crippen LogP contribution is -1.81. The third-order valence-corrected chi connectivity index (χ3v) is 4.53. The summed E-state index contributed by atoms with van der Waals surface area (Å²) in [5, 5.41) is 14.8. The number of nitrogens with one attached hydrogen (secondary N) is 1. The Morgan fingerprint density at radius 2 is 1.50 bits per heavy atom. The Morgan fingerprint density at radius 3 is 2.42 bits per heavy atom. The number of benzene rings is 4. The van der Waals surface area contributed by atoms with Gasteiger partial charge in [-0.15, -0.1) is 0 Å². The van der Waals surface area contributed by atoms with Gasteiger partial charge in [-0.3, -0.25) is 0 Å². The Labute approximate surface area is 138 Å². The average molecular weight is 310 g/mol. The lowest BCUT2D eigenvalue weighted by atomic mass is 10.0. The van der Waals surface area contributed by atoms with Crippen LogP contribution in [0, 0.1) is 0 Å². The molecular weight excluding hydrogens is 296 g/mol. The SMILES string of the molecule is Oc1ccccc1-c1nc2c(ccc3c4ccccc4ccc32)[nH]1. The van der Waals surface area contributed by atoms with Crippen molar-refractivity contribution < 1.29 is 5.11 Å². The standard InChI is InChI=1S/C21H14N2O/c24-19-8-4-3-7-17(19)21-22-18-12-11-15-14-6-2-1-5-13(14)9-10-16(15)20(18)23-21/h1-12,24H,(H,22,23). The van der Waals surface area contributed by atoms with Crippen LogP contribution in [0.2, 0.25) is 0 Å². The van der Waals surface area contributed by atoms with E-state index in [-0.39, 0.29) is 5.75 Å². The van der Waals surface area contributed by atoms with Gasteiger partial charge >= 0.3 is 0 Å². The molecule has 0 aliphatic rings. The molecule has 2 N–H and O–H groups in total. The van der Waals surface area contributed by atoms with Crippen molar-refractivity contribution in [3.05, 3.63) is 72.8 Å². The predicted octanol–water partition coefficient (Wildman–Crippen LogP) is 5.24. The first-order chi connectivity index (χ1) is 11.8. The maximum Gasteiger partial charge on any atom is 0.142 e. The molecule has 1 heterocycles. The maximum absolute atomic E-state index is 10.1. The van der Waals surface area contributed by atoms with Gasteiger partial charge in [-0.25, -0.2) is 4.98 Å². The van der Waals surface area contributed by atoms with E-state index in [0.717, 1.165) is 16.4 Å². The van der Waals surface area contributed by atoms with Crippen molar-refractivity contribution in [3.63, 3.8) is 0 Å². The first-order valence-electron chi connectivity index (χ1n) is 7.90. The van der Waals surface area contributed by atoms with E-state index >= 15 is 0 Å². The third-order valence-electron chi connectivity index (χ3n) is 4.53. The number of fused-ring (bicyclic) bond motifs is 5. The summed E-state index contributed by atoms with van der Waals surface area (Å²) in [5.74, 6) is 0.912. The molecule has 0 radical (unpaired) electrons. The zero-order valence-corrected chi connectivity index (χ0v) is 12.8. The van der Waals surface area contributed by atoms with Crippen molar-refractivity contribution in [2.45, 2.75) is 0 Å². The molecule has 0 unspecified atom stereocenters. The monoisotopic (exact) mass is 310 g/mol. The molecule has 0 bridgehead atoms. The smallest absolute Gasteiger partial charge is 0.142 e. The summed E-state index contributed by atoms with van der Waals surface area (Å²) in [6, 6.07) is 24.1. The van der Waals surface area contributed by atoms with Gasteiger partial charge in [0.25, 0.3) is 0 Å². The van der Waals surface area contributed by atoms with Gasteiger partial charge in [0.05, 0.1) is 16.6 Å². The highest BCUT2D eigenvalue weighted by atomic mass is 16.3. The summed E-state index contributed by atoms with van der Waals surface area (Å²) in [7, 11) is 0. The van der Waals surface area contributed by atoms with Gasteiger partial charge in [-0.05, 0) is 34.4 Å². The first-order valence-corrected chi connectivity index (χ1v) is 7.90. The number of hydrogen-bond donors (Lipinski definition) is 2. The number of phenols is 1. The fourth-order valence-corrected chi connectivity index (χ4v) is 3.36. The minimum Gasteiger partial charge on any atom is -0.507 e. The number of H-pyrrole nitrogens is 1. The summed E-state index contributed by atoms with van der Waals surface area (Å²) in [5.41, 5.74) is 2.61. The average Bonchev–Trinajstić information content (AvgIpc) is 3.06. The van der Waals surface area contributed by atoms with E-state index in [0.29, 0.717) is 11.4 Å². The normalized spacial score (nSPS) is 11.5. The predicted molar refractivity (Wildman–Crippen MR) is 98.2 cm³/mol. The van der Waals surface area contributed by atoms with Gasteiger partial charge in [0.1, 0.15) is 11.6 Å². The second-order valence-corrected chi connectivity index (χ2v) is 5.95. The van der Waals surface area contributed by atoms with Crippen molar-refractivity contribution in [3.8, 4) is 17.1 Å². The zero-order chi connectivity index (χ0) is 16.1. The number of aromatic nitrogens is 2. The van der Waals surface area contributed by atoms with Gasteiger partial charge in [0.15, 0.2) is 0 Å². The molecule has 114 valence electrons. The number of hydrogen-bond acceptors (Lipinski definition) is 2. The number of aromatic hydroxyl groups is 1. The Hall–Kier alpha value is -3.33. The van der Waals surface area contributed by atoms with Gasteiger partial charge in [0, 0.05) is 5.39 Å². The summed E-state index contributed by atoms with van der Waals surface area (Å²) in [6.45, 7) is 0. The van der Waals surface area contributed by atoms with Crippen LogP contribution in [0.15, 0.2) is 72.8 Å². The van der Waals surface area contributed by atoms with Crippen LogP contribution in [-0.2, 0) is 0 Å². The summed E-state index contributed by atoms with van der Waals surface area (Å²) in [6.07, 6.45) is 0. The lowest BCUT2D eigenvalue weighted by molar-refractivity contribution is 0.477. The second-order valence-electron chi connectivity index (χ2n) is 5.95. The fourth-order valence-electron chi connectivity index (χ4n) is 3.36. The number of aromatic amines is 1. The van der Waals surface area contributed by atoms with Gasteiger partial charge in [-0.2, -0.15) is 0 Å². The minimum atomic E-state index is 0.228. The molecular formula is C21H14N2O. The Kier molecular flexibility index (Phi) is 2.65. The molecule has 0 saturated heterocycles. The molecule has 0 spiro atoms. The quantitative estimate of drug-likeness (QED) is 0.416. The molecule has 5 rings (SSSR count). The molecule has 0 aliphatic heterocycles. The summed E-state index contributed by atoms with van der Waals surface area (Å²) >= 11 is 0. The molecule has 24 heavy (non-hydrogen) atoms. The highest BCUT2D eigenvalue weighted by molar-refractivity contribution is 6.15. The fraction of sp³-hybridized carbons (Fsp3) is 0. The molecule has 1 aromatic heterocycles. The van der Waals surface area contributed by atoms with Gasteiger partial charge in [0.2, 0.25) is 0 Å². The van der Waals surface area contributed by atoms with Crippen LogP contribution in [0.1, 0.15) is 0 Å². The summed E-state index contributed by atoms with van der Waals surface area (Å²) in [4.78, 5) is 8.08. The van der Waals surface area contributed by atoms with E-state index < -0.39 is 0 Å². The number of rotatable bonds is 1. The molecule has 3 heteroatoms. The number of nitrogens with zero attached hydrogens (tertiary/aromatic N) is 1. The van der Waals surface area contributed by atoms with Crippen molar-refractivity contribution in [2.75, 3.05) is 0 Å². The number of phenolic OH excluding ortho intramolecular Hbond substituents is 1. The van der Waals surface area contributed by atoms with Gasteiger partial charge < -0.3 is 10.1 Å². The van der Waals surface area contributed by atoms with Crippen LogP contribution >= 0.6 is 0 Å². The van der Waals surface area contributed by atoms with E-state index in [1.54, 1.807) is 6.07 Å². The van der Waals surface area contributed by atoms with Crippen molar-refractivity contribution in [1.29, 1.82) is 0 Å². The van der Waals surface area contributed by atoms with Crippen LogP contribution in [0.25, 0.3) is 44.0 Å². The van der Waals surface area contributed by atoms with Crippen LogP contribution in [0.4, 0.5) is 0 Å². The van der Waals surface area contributed by atoms with E-state index in [1.165, 1.54) is 16.2 Å². The van der Waals surface area contributed by atoms with Crippen molar-refractivity contribution in [1.82, 2.24) is 9.97 Å². The van der Waals surface area contributed by atoms with Crippen LogP contribution < -0.4 is 0 Å². The van der Waals surface area contributed by atoms with E-state index in [9.17, 15) is 5.11 Å². The molecule has 4 aromatic carbocycles. The number of para-hydroxylation sites is 1. The van der Waals surface area contributed by atoms with Gasteiger partial charge in [-0.1, -0.05) is 54.6 Å². The highest BCUT2D eigenvalue weighted by Gasteiger charge is 2.12. The molecule has 0 saturated carbocycles. The minimum absolute atomic E-state index is 0.228. The third kappa shape index (κ3) is 1.82. The van der Waals surface area contributed by atoms with Crippen LogP contribution in [-0.4, -0.2) is 15.1 Å². The van der Waals surface area contributed by atoms with Crippen molar-refractivity contribution in [2.24, 2.45) is 0 Å².